The van der Waals surface area contributed by atoms with Crippen molar-refractivity contribution in [3.63, 3.8) is 0 Å². The normalized spacial score (nSPS) is 10.7. The number of carbonyl (C=O) groups is 2. The van der Waals surface area contributed by atoms with Crippen molar-refractivity contribution in [3.05, 3.63) is 59.4 Å². The number of nitrogens with zero attached hydrogens (tertiary/aromatic N) is 3. The van der Waals surface area contributed by atoms with Gasteiger partial charge in [0.1, 0.15) is 11.6 Å². The Labute approximate surface area is 198 Å². The molecule has 0 spiro atoms. The lowest BCUT2D eigenvalue weighted by Gasteiger charge is -2.09. The highest BCUT2D eigenvalue weighted by Crippen LogP contribution is 2.20. The highest BCUT2D eigenvalue weighted by Gasteiger charge is 2.16. The van der Waals surface area contributed by atoms with Crippen LogP contribution in [0.3, 0.4) is 0 Å². The summed E-state index contributed by atoms with van der Waals surface area (Å²) in [5, 5.41) is 14.7. The number of ether oxygens (including phenoxy) is 1. The third-order valence-corrected chi connectivity index (χ3v) is 5.97. The molecule has 0 saturated heterocycles. The number of anilines is 2. The van der Waals surface area contributed by atoms with Gasteiger partial charge in [-0.3, -0.25) is 9.59 Å². The Hall–Kier alpha value is -3.33. The van der Waals surface area contributed by atoms with Crippen LogP contribution < -0.4 is 15.4 Å². The quantitative estimate of drug-likeness (QED) is 0.433. The van der Waals surface area contributed by atoms with E-state index in [0.29, 0.717) is 29.8 Å². The molecule has 3 aromatic rings. The van der Waals surface area contributed by atoms with E-state index >= 15 is 0 Å². The van der Waals surface area contributed by atoms with Gasteiger partial charge in [0, 0.05) is 17.9 Å². The van der Waals surface area contributed by atoms with E-state index in [1.807, 2.05) is 62.6 Å². The van der Waals surface area contributed by atoms with Gasteiger partial charge in [0.05, 0.1) is 18.8 Å². The van der Waals surface area contributed by atoms with E-state index in [0.717, 1.165) is 17.0 Å². The second-order valence-electron chi connectivity index (χ2n) is 7.46. The molecule has 9 heteroatoms. The molecule has 0 radical (unpaired) electrons. The Bertz CT molecular complexity index is 1110. The summed E-state index contributed by atoms with van der Waals surface area (Å²) in [4.78, 5) is 24.9. The largest absolute Gasteiger partial charge is 0.494 e. The number of aromatic nitrogens is 3. The summed E-state index contributed by atoms with van der Waals surface area (Å²) >= 11 is 1.29. The number of aryl methyl sites for hydroxylation is 2. The van der Waals surface area contributed by atoms with E-state index in [2.05, 4.69) is 20.8 Å². The van der Waals surface area contributed by atoms with Crippen LogP contribution in [-0.4, -0.2) is 38.9 Å². The Balaban J connectivity index is 1.55. The van der Waals surface area contributed by atoms with Crippen molar-refractivity contribution in [1.29, 1.82) is 0 Å². The molecule has 0 saturated carbocycles. The molecule has 3 rings (SSSR count). The van der Waals surface area contributed by atoms with Crippen molar-refractivity contribution in [1.82, 2.24) is 14.8 Å². The second-order valence-corrected chi connectivity index (χ2v) is 8.40. The fraction of sp³-hybridized carbons (Fsp3) is 0.333. The third-order valence-electron chi connectivity index (χ3n) is 5.00. The van der Waals surface area contributed by atoms with Crippen LogP contribution in [0.4, 0.5) is 11.4 Å². The summed E-state index contributed by atoms with van der Waals surface area (Å²) < 4.78 is 7.26. The second kappa shape index (κ2) is 11.5. The van der Waals surface area contributed by atoms with Gasteiger partial charge in [-0.05, 0) is 75.2 Å². The molecule has 1 aromatic heterocycles. The number of amides is 2. The number of rotatable bonds is 10. The first-order valence-corrected chi connectivity index (χ1v) is 11.8. The van der Waals surface area contributed by atoms with Gasteiger partial charge in [0.15, 0.2) is 5.16 Å². The van der Waals surface area contributed by atoms with E-state index in [1.54, 1.807) is 12.1 Å². The van der Waals surface area contributed by atoms with Gasteiger partial charge < -0.3 is 19.9 Å². The van der Waals surface area contributed by atoms with Crippen LogP contribution in [-0.2, 0) is 22.6 Å². The molecule has 1 heterocycles. The molecule has 2 N–H and O–H groups in total. The summed E-state index contributed by atoms with van der Waals surface area (Å²) in [6.07, 6.45) is 0.104. The Morgan fingerprint density at radius 2 is 1.64 bits per heavy atom. The van der Waals surface area contributed by atoms with Crippen molar-refractivity contribution in [2.75, 3.05) is 23.0 Å². The zero-order valence-electron chi connectivity index (χ0n) is 19.3. The molecule has 2 aromatic carbocycles. The fourth-order valence-electron chi connectivity index (χ4n) is 3.17. The summed E-state index contributed by atoms with van der Waals surface area (Å²) in [6.45, 7) is 9.11. The highest BCUT2D eigenvalue weighted by molar-refractivity contribution is 7.99. The first-order valence-electron chi connectivity index (χ1n) is 10.8. The molecule has 0 aliphatic carbocycles. The molecule has 0 aliphatic heterocycles. The van der Waals surface area contributed by atoms with Gasteiger partial charge in [0.2, 0.25) is 11.8 Å². The SMILES string of the molecule is CCOc1ccc(NC(=O)CSc2nnc(CC(=O)Nc3ccc(C)c(C)c3)n2CC)cc1. The number of thioether (sulfide) groups is 1. The van der Waals surface area contributed by atoms with Crippen molar-refractivity contribution in [2.45, 2.75) is 45.8 Å². The Morgan fingerprint density at radius 1 is 0.939 bits per heavy atom. The van der Waals surface area contributed by atoms with Crippen LogP contribution in [0.2, 0.25) is 0 Å². The number of carbonyl (C=O) groups excluding carboxylic acids is 2. The van der Waals surface area contributed by atoms with Crippen LogP contribution in [0.15, 0.2) is 47.6 Å². The summed E-state index contributed by atoms with van der Waals surface area (Å²) in [7, 11) is 0. The van der Waals surface area contributed by atoms with Gasteiger partial charge in [-0.1, -0.05) is 17.8 Å². The maximum absolute atomic E-state index is 12.5. The molecule has 0 fully saturated rings. The highest BCUT2D eigenvalue weighted by atomic mass is 32.2. The van der Waals surface area contributed by atoms with E-state index in [4.69, 9.17) is 4.74 Å². The molecule has 2 amide bonds. The Morgan fingerprint density at radius 3 is 2.30 bits per heavy atom. The molecule has 0 atom stereocenters. The predicted octanol–water partition coefficient (Wildman–Crippen LogP) is 4.23. The molecular weight excluding hydrogens is 438 g/mol. The van der Waals surface area contributed by atoms with Gasteiger partial charge >= 0.3 is 0 Å². The van der Waals surface area contributed by atoms with Crippen molar-refractivity contribution in [2.24, 2.45) is 0 Å². The predicted molar refractivity (Wildman–Crippen MR) is 131 cm³/mol. The average molecular weight is 468 g/mol. The maximum atomic E-state index is 12.5. The minimum absolute atomic E-state index is 0.104. The summed E-state index contributed by atoms with van der Waals surface area (Å²) in [6, 6.07) is 13.0. The molecule has 0 unspecified atom stereocenters. The van der Waals surface area contributed by atoms with Gasteiger partial charge in [-0.25, -0.2) is 0 Å². The molecule has 174 valence electrons. The van der Waals surface area contributed by atoms with Crippen LogP contribution in [0, 0.1) is 13.8 Å². The number of hydrogen-bond donors (Lipinski definition) is 2. The van der Waals surface area contributed by atoms with Crippen LogP contribution in [0.25, 0.3) is 0 Å². The van der Waals surface area contributed by atoms with Crippen molar-refractivity contribution in [3.8, 4) is 5.75 Å². The first kappa shape index (κ1) is 24.3. The average Bonchev–Trinajstić information content (AvgIpc) is 3.17. The van der Waals surface area contributed by atoms with E-state index in [-0.39, 0.29) is 24.0 Å². The van der Waals surface area contributed by atoms with E-state index in [1.165, 1.54) is 17.3 Å². The minimum atomic E-state index is -0.162. The molecule has 8 nitrogen and oxygen atoms in total. The maximum Gasteiger partial charge on any atom is 0.234 e. The third kappa shape index (κ3) is 6.82. The fourth-order valence-corrected chi connectivity index (χ4v) is 3.99. The molecule has 33 heavy (non-hydrogen) atoms. The summed E-state index contributed by atoms with van der Waals surface area (Å²) in [5.41, 5.74) is 3.75. The van der Waals surface area contributed by atoms with Crippen molar-refractivity contribution < 1.29 is 14.3 Å². The smallest absolute Gasteiger partial charge is 0.234 e. The van der Waals surface area contributed by atoms with Gasteiger partial charge in [-0.15, -0.1) is 10.2 Å². The zero-order valence-corrected chi connectivity index (χ0v) is 20.2. The monoisotopic (exact) mass is 467 g/mol. The van der Waals surface area contributed by atoms with E-state index in [9.17, 15) is 9.59 Å². The van der Waals surface area contributed by atoms with Gasteiger partial charge in [-0.2, -0.15) is 0 Å². The van der Waals surface area contributed by atoms with Crippen LogP contribution >= 0.6 is 11.8 Å². The number of hydrogen-bond acceptors (Lipinski definition) is 6. The lowest BCUT2D eigenvalue weighted by atomic mass is 10.1. The molecule has 0 aliphatic rings. The van der Waals surface area contributed by atoms with Crippen molar-refractivity contribution >= 4 is 35.0 Å². The zero-order chi connectivity index (χ0) is 23.8. The molecular formula is C24H29N5O3S. The summed E-state index contributed by atoms with van der Waals surface area (Å²) in [5.74, 6) is 1.19. The number of benzene rings is 2. The first-order chi connectivity index (χ1) is 15.9. The van der Waals surface area contributed by atoms with E-state index < -0.39 is 0 Å². The lowest BCUT2D eigenvalue weighted by Crippen LogP contribution is -2.18. The van der Waals surface area contributed by atoms with Crippen LogP contribution in [0.5, 0.6) is 5.75 Å². The standard InChI is InChI=1S/C24H29N5O3S/c1-5-29-21(14-22(30)26-19-8-7-16(3)17(4)13-19)27-28-24(29)33-15-23(31)25-18-9-11-20(12-10-18)32-6-2/h7-13H,5-6,14-15H2,1-4H3,(H,25,31)(H,26,30). The lowest BCUT2D eigenvalue weighted by molar-refractivity contribution is -0.116. The van der Waals surface area contributed by atoms with Gasteiger partial charge in [0.25, 0.3) is 0 Å². The molecule has 0 bridgehead atoms. The minimum Gasteiger partial charge on any atom is -0.494 e. The topological polar surface area (TPSA) is 98.1 Å². The van der Waals surface area contributed by atoms with Crippen LogP contribution in [0.1, 0.15) is 30.8 Å². The Kier molecular flexibility index (Phi) is 8.48. The number of nitrogens with one attached hydrogen (secondary N) is 2.